The van der Waals surface area contributed by atoms with E-state index in [0.717, 1.165) is 6.07 Å². The minimum absolute atomic E-state index is 0.0938. The van der Waals surface area contributed by atoms with Crippen LogP contribution in [-0.2, 0) is 0 Å². The van der Waals surface area contributed by atoms with Gasteiger partial charge < -0.3 is 14.2 Å². The summed E-state index contributed by atoms with van der Waals surface area (Å²) in [6, 6.07) is 7.30. The first kappa shape index (κ1) is 18.8. The second-order valence-electron chi connectivity index (χ2n) is 5.01. The fourth-order valence-electron chi connectivity index (χ4n) is 2.20. The number of carbonyl (C=O) groups excluding carboxylic acids is 1. The molecule has 0 aliphatic carbocycles. The summed E-state index contributed by atoms with van der Waals surface area (Å²) in [7, 11) is 3.05. The van der Waals surface area contributed by atoms with Gasteiger partial charge in [0.2, 0.25) is 5.75 Å². The van der Waals surface area contributed by atoms with Crippen LogP contribution in [0.3, 0.4) is 0 Å². The average molecular weight is 365 g/mol. The summed E-state index contributed by atoms with van der Waals surface area (Å²) < 4.78 is 29.3. The van der Waals surface area contributed by atoms with E-state index >= 15 is 0 Å². The van der Waals surface area contributed by atoms with Crippen molar-refractivity contribution in [2.24, 2.45) is 0 Å². The van der Waals surface area contributed by atoms with E-state index in [0.29, 0.717) is 35.0 Å². The number of halogens is 2. The topological polar surface area (TPSA) is 44.8 Å². The number of allylic oxidation sites excluding steroid dienone is 1. The molecule has 0 aromatic heterocycles. The molecule has 0 radical (unpaired) electrons. The fourth-order valence-corrected chi connectivity index (χ4v) is 2.38. The molecule has 2 aromatic rings. The van der Waals surface area contributed by atoms with Crippen LogP contribution in [0.5, 0.6) is 17.2 Å². The molecule has 0 saturated carbocycles. The third-order valence-corrected chi connectivity index (χ3v) is 3.69. The Bertz CT molecular complexity index is 777. The van der Waals surface area contributed by atoms with Crippen molar-refractivity contribution in [2.45, 2.75) is 6.92 Å². The smallest absolute Gasteiger partial charge is 0.203 e. The second kappa shape index (κ2) is 8.53. The number of methoxy groups -OCH3 is 2. The van der Waals surface area contributed by atoms with Crippen LogP contribution in [0.1, 0.15) is 22.8 Å². The average Bonchev–Trinajstić information content (AvgIpc) is 2.62. The Morgan fingerprint density at radius 3 is 2.32 bits per heavy atom. The molecule has 2 aromatic carbocycles. The van der Waals surface area contributed by atoms with E-state index in [1.54, 1.807) is 18.2 Å². The number of rotatable bonds is 7. The lowest BCUT2D eigenvalue weighted by molar-refractivity contribution is 0.104. The van der Waals surface area contributed by atoms with E-state index < -0.39 is 5.82 Å². The van der Waals surface area contributed by atoms with Crippen molar-refractivity contribution in [2.75, 3.05) is 20.8 Å². The highest BCUT2D eigenvalue weighted by Crippen LogP contribution is 2.38. The molecule has 0 unspecified atom stereocenters. The van der Waals surface area contributed by atoms with Gasteiger partial charge in [0.1, 0.15) is 5.82 Å². The van der Waals surface area contributed by atoms with E-state index in [4.69, 9.17) is 25.8 Å². The Balaban J connectivity index is 2.30. The molecular weight excluding hydrogens is 347 g/mol. The van der Waals surface area contributed by atoms with Gasteiger partial charge >= 0.3 is 0 Å². The van der Waals surface area contributed by atoms with E-state index in [2.05, 4.69) is 0 Å². The highest BCUT2D eigenvalue weighted by atomic mass is 35.5. The lowest BCUT2D eigenvalue weighted by atomic mass is 10.1. The first-order valence-electron chi connectivity index (χ1n) is 7.56. The van der Waals surface area contributed by atoms with Crippen molar-refractivity contribution in [1.29, 1.82) is 0 Å². The molecule has 0 N–H and O–H groups in total. The summed E-state index contributed by atoms with van der Waals surface area (Å²) in [5, 5.41) is -0.0938. The van der Waals surface area contributed by atoms with Crippen molar-refractivity contribution in [1.82, 2.24) is 0 Å². The molecular formula is C19H18ClFO4. The Morgan fingerprint density at radius 1 is 1.16 bits per heavy atom. The van der Waals surface area contributed by atoms with E-state index in [9.17, 15) is 9.18 Å². The predicted octanol–water partition coefficient (Wildman–Crippen LogP) is 4.79. The van der Waals surface area contributed by atoms with Crippen molar-refractivity contribution in [3.05, 3.63) is 58.4 Å². The minimum atomic E-state index is -0.566. The summed E-state index contributed by atoms with van der Waals surface area (Å²) in [6.07, 6.45) is 2.98. The number of hydrogen-bond donors (Lipinski definition) is 0. The molecule has 0 amide bonds. The fraction of sp³-hybridized carbons (Fsp3) is 0.211. The van der Waals surface area contributed by atoms with Gasteiger partial charge in [-0.15, -0.1) is 0 Å². The van der Waals surface area contributed by atoms with Crippen LogP contribution in [-0.4, -0.2) is 26.6 Å². The molecule has 0 atom stereocenters. The lowest BCUT2D eigenvalue weighted by Gasteiger charge is -2.14. The molecule has 0 saturated heterocycles. The zero-order valence-corrected chi connectivity index (χ0v) is 14.9. The zero-order chi connectivity index (χ0) is 18.4. The number of ketones is 1. The number of hydrogen-bond acceptors (Lipinski definition) is 4. The van der Waals surface area contributed by atoms with Gasteiger partial charge in [-0.2, -0.15) is 0 Å². The molecule has 132 valence electrons. The van der Waals surface area contributed by atoms with Crippen molar-refractivity contribution in [3.8, 4) is 17.2 Å². The predicted molar refractivity (Wildman–Crippen MR) is 95.5 cm³/mol. The normalized spacial score (nSPS) is 10.8. The van der Waals surface area contributed by atoms with Crippen molar-refractivity contribution in [3.63, 3.8) is 0 Å². The quantitative estimate of drug-likeness (QED) is 0.523. The molecule has 0 bridgehead atoms. The Labute approximate surface area is 150 Å². The molecule has 0 fully saturated rings. The van der Waals surface area contributed by atoms with Crippen LogP contribution in [0.4, 0.5) is 4.39 Å². The SMILES string of the molecule is CCOc1c(OC)cc(/C=C/C(=O)c2ccc(F)c(Cl)c2)cc1OC. The van der Waals surface area contributed by atoms with Crippen LogP contribution >= 0.6 is 11.6 Å². The van der Waals surface area contributed by atoms with E-state index in [1.165, 1.54) is 32.4 Å². The molecule has 6 heteroatoms. The molecule has 2 rings (SSSR count). The number of ether oxygens (including phenoxy) is 3. The van der Waals surface area contributed by atoms with Crippen LogP contribution in [0.2, 0.25) is 5.02 Å². The third kappa shape index (κ3) is 4.51. The molecule has 0 heterocycles. The Kier molecular flexibility index (Phi) is 6.42. The van der Waals surface area contributed by atoms with Gasteiger partial charge in [0.05, 0.1) is 25.8 Å². The first-order valence-corrected chi connectivity index (χ1v) is 7.94. The maximum atomic E-state index is 13.2. The van der Waals surface area contributed by atoms with Gasteiger partial charge in [0.25, 0.3) is 0 Å². The van der Waals surface area contributed by atoms with Gasteiger partial charge in [-0.25, -0.2) is 4.39 Å². The second-order valence-corrected chi connectivity index (χ2v) is 5.42. The van der Waals surface area contributed by atoms with E-state index in [-0.39, 0.29) is 10.8 Å². The summed E-state index contributed by atoms with van der Waals surface area (Å²) in [5.74, 6) is 0.634. The maximum absolute atomic E-state index is 13.2. The largest absolute Gasteiger partial charge is 0.493 e. The first-order chi connectivity index (χ1) is 12.0. The van der Waals surface area contributed by atoms with Crippen molar-refractivity contribution < 1.29 is 23.4 Å². The highest BCUT2D eigenvalue weighted by molar-refractivity contribution is 6.31. The van der Waals surface area contributed by atoms with Gasteiger partial charge in [-0.1, -0.05) is 17.7 Å². The summed E-state index contributed by atoms with van der Waals surface area (Å²) in [6.45, 7) is 2.32. The Morgan fingerprint density at radius 2 is 1.80 bits per heavy atom. The number of carbonyl (C=O) groups is 1. The number of benzene rings is 2. The summed E-state index contributed by atoms with van der Waals surface area (Å²) in [4.78, 5) is 12.2. The minimum Gasteiger partial charge on any atom is -0.493 e. The van der Waals surface area contributed by atoms with Crippen LogP contribution in [0.15, 0.2) is 36.4 Å². The summed E-state index contributed by atoms with van der Waals surface area (Å²) >= 11 is 5.70. The van der Waals surface area contributed by atoms with Gasteiger partial charge in [-0.3, -0.25) is 4.79 Å². The molecule has 0 spiro atoms. The van der Waals surface area contributed by atoms with Crippen LogP contribution < -0.4 is 14.2 Å². The third-order valence-electron chi connectivity index (χ3n) is 3.40. The van der Waals surface area contributed by atoms with Crippen LogP contribution in [0.25, 0.3) is 6.08 Å². The molecule has 0 aliphatic rings. The van der Waals surface area contributed by atoms with Gasteiger partial charge in [-0.05, 0) is 48.9 Å². The summed E-state index contributed by atoms with van der Waals surface area (Å²) in [5.41, 5.74) is 0.992. The van der Waals surface area contributed by atoms with Gasteiger partial charge in [0, 0.05) is 5.56 Å². The standard InChI is InChI=1S/C19H18ClFO4/c1-4-25-19-17(23-2)9-12(10-18(19)24-3)5-8-16(22)13-6-7-15(21)14(20)11-13/h5-11H,4H2,1-3H3/b8-5+. The zero-order valence-electron chi connectivity index (χ0n) is 14.1. The molecule has 25 heavy (non-hydrogen) atoms. The lowest BCUT2D eigenvalue weighted by Crippen LogP contribution is -1.99. The molecule has 0 aliphatic heterocycles. The van der Waals surface area contributed by atoms with Crippen molar-refractivity contribution >= 4 is 23.5 Å². The van der Waals surface area contributed by atoms with E-state index in [1.807, 2.05) is 6.92 Å². The monoisotopic (exact) mass is 364 g/mol. The Hall–Kier alpha value is -2.53. The van der Waals surface area contributed by atoms with Gasteiger partial charge in [0.15, 0.2) is 17.3 Å². The van der Waals surface area contributed by atoms with Crippen LogP contribution in [0, 0.1) is 5.82 Å². The highest BCUT2D eigenvalue weighted by Gasteiger charge is 2.13. The maximum Gasteiger partial charge on any atom is 0.203 e. The molecule has 4 nitrogen and oxygen atoms in total.